The van der Waals surface area contributed by atoms with E-state index in [1.54, 1.807) is 6.92 Å². The average molecular weight is 582 g/mol. The van der Waals surface area contributed by atoms with Crippen molar-refractivity contribution in [3.63, 3.8) is 0 Å². The highest BCUT2D eigenvalue weighted by Gasteiger charge is 2.26. The molecule has 0 amide bonds. The van der Waals surface area contributed by atoms with Gasteiger partial charge in [0, 0.05) is 43.8 Å². The number of esters is 1. The molecule has 0 spiro atoms. The van der Waals surface area contributed by atoms with Gasteiger partial charge < -0.3 is 29.2 Å². The first-order valence-electron chi connectivity index (χ1n) is 15.0. The zero-order valence-corrected chi connectivity index (χ0v) is 24.9. The number of hydrogen-bond donors (Lipinski definition) is 2. The molecule has 0 aromatic heterocycles. The van der Waals surface area contributed by atoms with Crippen molar-refractivity contribution in [3.8, 4) is 11.1 Å². The standard InChI is InChI=1S/C34H47NO7/c1-34(25-37,26-38)27-42-33(39)12-8-3-2-5-11-31(23-35-18-21-40-22-19-35)32(17-20-36)41-24-28-13-15-30(16-14-28)29-9-6-4-7-10-29/h2,4-7,9-10,13-16,20,31-32,37-38H,3,8,11-12,17-19,21-27H2,1H3/b5-2-. The van der Waals surface area contributed by atoms with E-state index in [4.69, 9.17) is 14.2 Å². The number of allylic oxidation sites excluding steroid dienone is 2. The largest absolute Gasteiger partial charge is 0.465 e. The summed E-state index contributed by atoms with van der Waals surface area (Å²) in [5.41, 5.74) is 2.57. The quantitative estimate of drug-likeness (QED) is 0.109. The number of carbonyl (C=O) groups excluding carboxylic acids is 2. The fourth-order valence-corrected chi connectivity index (χ4v) is 4.80. The number of rotatable bonds is 19. The van der Waals surface area contributed by atoms with Gasteiger partial charge in [0.15, 0.2) is 0 Å². The van der Waals surface area contributed by atoms with Crippen LogP contribution in [-0.2, 0) is 30.4 Å². The number of unbranched alkanes of at least 4 members (excludes halogenated alkanes) is 1. The van der Waals surface area contributed by atoms with Crippen LogP contribution < -0.4 is 0 Å². The normalized spacial score (nSPS) is 15.9. The summed E-state index contributed by atoms with van der Waals surface area (Å²) in [5.74, 6) is -0.203. The zero-order chi connectivity index (χ0) is 30.0. The molecule has 8 heteroatoms. The summed E-state index contributed by atoms with van der Waals surface area (Å²) in [6.07, 6.45) is 7.67. The summed E-state index contributed by atoms with van der Waals surface area (Å²) >= 11 is 0. The Bertz CT molecular complexity index is 1060. The Balaban J connectivity index is 1.53. The lowest BCUT2D eigenvalue weighted by Crippen LogP contribution is -2.42. The first-order chi connectivity index (χ1) is 20.5. The summed E-state index contributed by atoms with van der Waals surface area (Å²) in [7, 11) is 0. The van der Waals surface area contributed by atoms with E-state index in [1.165, 1.54) is 5.56 Å². The molecule has 0 bridgehead atoms. The number of carbonyl (C=O) groups is 2. The summed E-state index contributed by atoms with van der Waals surface area (Å²) < 4.78 is 17.1. The fourth-order valence-electron chi connectivity index (χ4n) is 4.80. The van der Waals surface area contributed by atoms with Crippen LogP contribution in [0.1, 0.15) is 44.6 Å². The molecular weight excluding hydrogens is 534 g/mol. The lowest BCUT2D eigenvalue weighted by molar-refractivity contribution is -0.149. The topological polar surface area (TPSA) is 106 Å². The molecule has 1 heterocycles. The molecular formula is C34H47NO7. The van der Waals surface area contributed by atoms with Gasteiger partial charge in [-0.1, -0.05) is 73.7 Å². The third-order valence-electron chi connectivity index (χ3n) is 7.68. The minimum absolute atomic E-state index is 0.00676. The predicted octanol–water partition coefficient (Wildman–Crippen LogP) is 4.43. The number of aliphatic hydroxyl groups excluding tert-OH is 2. The van der Waals surface area contributed by atoms with Crippen molar-refractivity contribution >= 4 is 12.3 Å². The van der Waals surface area contributed by atoms with Gasteiger partial charge in [0.25, 0.3) is 0 Å². The van der Waals surface area contributed by atoms with E-state index in [2.05, 4.69) is 53.5 Å². The molecule has 3 rings (SSSR count). The van der Waals surface area contributed by atoms with Gasteiger partial charge in [-0.15, -0.1) is 0 Å². The van der Waals surface area contributed by atoms with E-state index in [0.29, 0.717) is 32.7 Å². The van der Waals surface area contributed by atoms with Gasteiger partial charge >= 0.3 is 5.97 Å². The molecule has 2 unspecified atom stereocenters. The number of aliphatic hydroxyl groups is 2. The Morgan fingerprint density at radius 1 is 1.00 bits per heavy atom. The molecule has 8 nitrogen and oxygen atoms in total. The highest BCUT2D eigenvalue weighted by molar-refractivity contribution is 5.69. The molecule has 0 aliphatic carbocycles. The van der Waals surface area contributed by atoms with Crippen molar-refractivity contribution in [3.05, 3.63) is 72.3 Å². The third kappa shape index (κ3) is 11.8. The van der Waals surface area contributed by atoms with Crippen molar-refractivity contribution in [2.45, 2.75) is 51.7 Å². The number of ether oxygens (including phenoxy) is 3. The maximum absolute atomic E-state index is 12.0. The molecule has 1 aliphatic heterocycles. The van der Waals surface area contributed by atoms with Crippen LogP contribution in [0.3, 0.4) is 0 Å². The van der Waals surface area contributed by atoms with Gasteiger partial charge in [-0.05, 0) is 36.0 Å². The van der Waals surface area contributed by atoms with Gasteiger partial charge in [-0.2, -0.15) is 0 Å². The monoisotopic (exact) mass is 581 g/mol. The second kappa shape index (κ2) is 18.6. The summed E-state index contributed by atoms with van der Waals surface area (Å²) in [6.45, 7) is 5.56. The van der Waals surface area contributed by atoms with Crippen LogP contribution in [0, 0.1) is 11.3 Å². The van der Waals surface area contributed by atoms with E-state index in [-0.39, 0.29) is 44.2 Å². The molecule has 1 fully saturated rings. The number of benzene rings is 2. The molecule has 0 radical (unpaired) electrons. The van der Waals surface area contributed by atoms with Gasteiger partial charge in [-0.25, -0.2) is 0 Å². The van der Waals surface area contributed by atoms with Crippen LogP contribution >= 0.6 is 0 Å². The Morgan fingerprint density at radius 3 is 2.36 bits per heavy atom. The first-order valence-corrected chi connectivity index (χ1v) is 15.0. The predicted molar refractivity (Wildman–Crippen MR) is 163 cm³/mol. The minimum atomic E-state index is -0.823. The Kier molecular flexibility index (Phi) is 14.9. The Morgan fingerprint density at radius 2 is 1.69 bits per heavy atom. The smallest absolute Gasteiger partial charge is 0.305 e. The van der Waals surface area contributed by atoms with Crippen LogP contribution in [0.15, 0.2) is 66.7 Å². The summed E-state index contributed by atoms with van der Waals surface area (Å²) in [6, 6.07) is 18.6. The SMILES string of the molecule is CC(CO)(CO)COC(=O)CCC/C=C\CC(CN1CCOCC1)C(CC=O)OCc1ccc(-c2ccccc2)cc1. The first kappa shape index (κ1) is 33.6. The molecule has 2 N–H and O–H groups in total. The van der Waals surface area contributed by atoms with Crippen molar-refractivity contribution in [2.75, 3.05) is 52.7 Å². The number of morpholine rings is 1. The van der Waals surface area contributed by atoms with Crippen LogP contribution in [0.5, 0.6) is 0 Å². The van der Waals surface area contributed by atoms with Crippen LogP contribution in [0.2, 0.25) is 0 Å². The molecule has 1 saturated heterocycles. The highest BCUT2D eigenvalue weighted by atomic mass is 16.5. The second-order valence-electron chi connectivity index (χ2n) is 11.4. The van der Waals surface area contributed by atoms with Crippen molar-refractivity contribution < 1.29 is 34.0 Å². The molecule has 2 aromatic carbocycles. The zero-order valence-electron chi connectivity index (χ0n) is 24.9. The number of aldehydes is 1. The second-order valence-corrected chi connectivity index (χ2v) is 11.4. The van der Waals surface area contributed by atoms with E-state index in [0.717, 1.165) is 49.9 Å². The third-order valence-corrected chi connectivity index (χ3v) is 7.68. The van der Waals surface area contributed by atoms with Crippen molar-refractivity contribution in [1.82, 2.24) is 4.90 Å². The van der Waals surface area contributed by atoms with Crippen LogP contribution in [-0.4, -0.2) is 86.1 Å². The minimum Gasteiger partial charge on any atom is -0.465 e. The van der Waals surface area contributed by atoms with E-state index in [9.17, 15) is 19.8 Å². The molecule has 0 saturated carbocycles. The average Bonchev–Trinajstić information content (AvgIpc) is 3.04. The molecule has 2 atom stereocenters. The molecule has 1 aliphatic rings. The summed E-state index contributed by atoms with van der Waals surface area (Å²) in [5, 5.41) is 18.7. The fraction of sp³-hybridized carbons (Fsp3) is 0.529. The maximum atomic E-state index is 12.0. The lowest BCUT2D eigenvalue weighted by atomic mass is 9.94. The molecule has 42 heavy (non-hydrogen) atoms. The highest BCUT2D eigenvalue weighted by Crippen LogP contribution is 2.23. The van der Waals surface area contributed by atoms with E-state index in [1.807, 2.05) is 18.2 Å². The van der Waals surface area contributed by atoms with Crippen LogP contribution in [0.4, 0.5) is 0 Å². The molecule has 230 valence electrons. The van der Waals surface area contributed by atoms with Gasteiger partial charge in [-0.3, -0.25) is 9.69 Å². The van der Waals surface area contributed by atoms with E-state index < -0.39 is 5.41 Å². The van der Waals surface area contributed by atoms with Gasteiger partial charge in [0.1, 0.15) is 12.9 Å². The van der Waals surface area contributed by atoms with E-state index >= 15 is 0 Å². The van der Waals surface area contributed by atoms with Gasteiger partial charge in [0.05, 0.1) is 39.1 Å². The maximum Gasteiger partial charge on any atom is 0.305 e. The summed E-state index contributed by atoms with van der Waals surface area (Å²) in [4.78, 5) is 26.1. The Labute approximate surface area is 250 Å². The van der Waals surface area contributed by atoms with Gasteiger partial charge in [0.2, 0.25) is 0 Å². The lowest BCUT2D eigenvalue weighted by Gasteiger charge is -2.33. The van der Waals surface area contributed by atoms with Crippen molar-refractivity contribution in [1.29, 1.82) is 0 Å². The molecule has 2 aromatic rings. The number of nitrogens with zero attached hydrogens (tertiary/aromatic N) is 1. The van der Waals surface area contributed by atoms with Crippen LogP contribution in [0.25, 0.3) is 11.1 Å². The van der Waals surface area contributed by atoms with Crippen molar-refractivity contribution in [2.24, 2.45) is 11.3 Å². The number of hydrogen-bond acceptors (Lipinski definition) is 8. The Hall–Kier alpha value is -2.88.